The second kappa shape index (κ2) is 15.0. The van der Waals surface area contributed by atoms with E-state index in [1.165, 1.54) is 45.5 Å². The van der Waals surface area contributed by atoms with Gasteiger partial charge in [-0.3, -0.25) is 4.79 Å². The number of amides is 1. The average molecular weight is 694 g/mol. The smallest absolute Gasteiger partial charge is 0.293 e. The van der Waals surface area contributed by atoms with E-state index >= 15 is 0 Å². The first-order valence-electron chi connectivity index (χ1n) is 15.7. The van der Waals surface area contributed by atoms with Crippen LogP contribution in [0.25, 0.3) is 5.57 Å². The number of rotatable bonds is 11. The predicted octanol–water partition coefficient (Wildman–Crippen LogP) is 9.98. The molecule has 6 heteroatoms. The van der Waals surface area contributed by atoms with Gasteiger partial charge in [0.05, 0.1) is 12.2 Å². The molecule has 5 rings (SSSR count). The maximum atomic E-state index is 14.4. The molecule has 0 bridgehead atoms. The Hall–Kier alpha value is -4.39. The molecule has 1 aliphatic rings. The summed E-state index contributed by atoms with van der Waals surface area (Å²) in [5, 5.41) is 5.72. The minimum absolute atomic E-state index is 0.0198. The topological polar surface area (TPSA) is 41.1 Å². The van der Waals surface area contributed by atoms with Crippen LogP contribution in [-0.2, 0) is 36.5 Å². The van der Waals surface area contributed by atoms with Crippen LogP contribution < -0.4 is 10.6 Å². The normalized spacial score (nSPS) is 15.3. The van der Waals surface area contributed by atoms with Crippen molar-refractivity contribution >= 4 is 33.1 Å². The highest BCUT2D eigenvalue weighted by Gasteiger charge is 2.30. The molecule has 0 spiro atoms. The van der Waals surface area contributed by atoms with Crippen LogP contribution in [0.3, 0.4) is 0 Å². The first-order chi connectivity index (χ1) is 22.5. The van der Waals surface area contributed by atoms with Gasteiger partial charge < -0.3 is 10.6 Å². The van der Waals surface area contributed by atoms with Crippen LogP contribution >= 0.6 is 15.9 Å². The van der Waals surface area contributed by atoms with Crippen LogP contribution in [-0.4, -0.2) is 12.5 Å². The van der Waals surface area contributed by atoms with Gasteiger partial charge in [0.1, 0.15) is 0 Å². The molecule has 0 saturated heterocycles. The summed E-state index contributed by atoms with van der Waals surface area (Å²) in [6.07, 6.45) is 7.57. The first kappa shape index (κ1) is 34.0. The van der Waals surface area contributed by atoms with Gasteiger partial charge in [0.25, 0.3) is 5.92 Å². The van der Waals surface area contributed by atoms with Gasteiger partial charge in [-0.1, -0.05) is 114 Å². The summed E-state index contributed by atoms with van der Waals surface area (Å²) in [6.45, 7) is 12.1. The molecule has 0 radical (unpaired) electrons. The molecule has 2 N–H and O–H groups in total. The Morgan fingerprint density at radius 2 is 1.72 bits per heavy atom. The molecule has 240 valence electrons. The Morgan fingerprint density at radius 3 is 2.47 bits per heavy atom. The van der Waals surface area contributed by atoms with Crippen LogP contribution in [0.5, 0.6) is 0 Å². The van der Waals surface area contributed by atoms with Gasteiger partial charge in [0.2, 0.25) is 5.91 Å². The van der Waals surface area contributed by atoms with Crippen molar-refractivity contribution in [1.29, 1.82) is 0 Å². The molecular formula is C41H39BrF2N2O. The number of fused-ring (bicyclic) bond motifs is 1. The highest BCUT2D eigenvalue weighted by Crippen LogP contribution is 2.36. The predicted molar refractivity (Wildman–Crippen MR) is 194 cm³/mol. The molecule has 47 heavy (non-hydrogen) atoms. The maximum Gasteiger partial charge on any atom is 0.293 e. The van der Waals surface area contributed by atoms with Gasteiger partial charge in [0.15, 0.2) is 0 Å². The maximum absolute atomic E-state index is 14.4. The molecule has 4 aromatic carbocycles. The van der Waals surface area contributed by atoms with E-state index in [1.54, 1.807) is 13.0 Å². The lowest BCUT2D eigenvalue weighted by atomic mass is 9.86. The van der Waals surface area contributed by atoms with Gasteiger partial charge in [-0.15, -0.1) is 0 Å². The van der Waals surface area contributed by atoms with Gasteiger partial charge in [-0.05, 0) is 107 Å². The van der Waals surface area contributed by atoms with Crippen LogP contribution in [0.15, 0.2) is 132 Å². The molecule has 0 unspecified atom stereocenters. The molecule has 3 nitrogen and oxygen atoms in total. The number of alkyl halides is 2. The van der Waals surface area contributed by atoms with E-state index in [-0.39, 0.29) is 17.8 Å². The van der Waals surface area contributed by atoms with E-state index < -0.39 is 11.8 Å². The van der Waals surface area contributed by atoms with Crippen LogP contribution in [0.2, 0.25) is 0 Å². The molecule has 0 saturated carbocycles. The number of allylic oxidation sites excluding steroid dienone is 6. The zero-order valence-corrected chi connectivity index (χ0v) is 28.4. The molecule has 0 heterocycles. The van der Waals surface area contributed by atoms with E-state index in [1.807, 2.05) is 12.1 Å². The number of benzene rings is 4. The van der Waals surface area contributed by atoms with Crippen LogP contribution in [0, 0.1) is 13.8 Å². The second-order valence-corrected chi connectivity index (χ2v) is 12.9. The van der Waals surface area contributed by atoms with E-state index in [9.17, 15) is 13.6 Å². The molecular weight excluding hydrogens is 654 g/mol. The van der Waals surface area contributed by atoms with Crippen LogP contribution in [0.1, 0.15) is 44.5 Å². The van der Waals surface area contributed by atoms with Crippen molar-refractivity contribution in [3.8, 4) is 0 Å². The summed E-state index contributed by atoms with van der Waals surface area (Å²) in [7, 11) is 0. The summed E-state index contributed by atoms with van der Waals surface area (Å²) in [6, 6.07) is 27.7. The lowest BCUT2D eigenvalue weighted by Gasteiger charge is -2.20. The summed E-state index contributed by atoms with van der Waals surface area (Å²) >= 11 is 3.78. The largest absolute Gasteiger partial charge is 0.324 e. The Balaban J connectivity index is 1.23. The Bertz CT molecular complexity index is 1870. The fraction of sp³-hybridized carbons (Fsp3) is 0.195. The number of anilines is 1. The molecule has 0 fully saturated rings. The summed E-state index contributed by atoms with van der Waals surface area (Å²) in [5.74, 6) is -3.65. The standard InChI is InChI=1S/C41H39BrF2N2O/c1-5-41(43,44)37-21-27(2)13-20-39(37)46-40(47)26-45-25-31-16-14-30(15-17-31)22-29(4)34-23-32-10-8-12-38(42)36(32)19-18-33(24-34)35-11-7-6-9-28(35)3/h5-18,20-21,24,45H,1,4,19,22-23,25-26H2,2-3H3,(H,46,47)/b33-18-,34-24+. The average Bonchev–Trinajstić information content (AvgIpc) is 3.04. The van der Waals surface area contributed by atoms with Gasteiger partial charge >= 0.3 is 0 Å². The lowest BCUT2D eigenvalue weighted by molar-refractivity contribution is -0.115. The SMILES string of the molecule is C=CC(F)(F)c1cc(C)ccc1NC(=O)CNCc1ccc(CC(=C)/C2=C/C(c3ccccc3C)=C/Cc3c(Br)cccc3C2)cc1. The second-order valence-electron chi connectivity index (χ2n) is 12.0. The van der Waals surface area contributed by atoms with Crippen molar-refractivity contribution in [3.63, 3.8) is 0 Å². The number of hydrogen-bond donors (Lipinski definition) is 2. The third-order valence-electron chi connectivity index (χ3n) is 8.48. The van der Waals surface area contributed by atoms with Crippen LogP contribution in [0.4, 0.5) is 14.5 Å². The lowest BCUT2D eigenvalue weighted by Crippen LogP contribution is -2.28. The molecule has 0 aliphatic heterocycles. The summed E-state index contributed by atoms with van der Waals surface area (Å²) in [4.78, 5) is 12.6. The Morgan fingerprint density at radius 1 is 0.979 bits per heavy atom. The van der Waals surface area contributed by atoms with Gasteiger partial charge in [-0.2, -0.15) is 8.78 Å². The molecule has 1 amide bonds. The van der Waals surface area contributed by atoms with Crippen molar-refractivity contribution in [3.05, 3.63) is 176 Å². The number of nitrogens with one attached hydrogen (secondary N) is 2. The Labute approximate surface area is 285 Å². The number of carbonyl (C=O) groups is 1. The third-order valence-corrected chi connectivity index (χ3v) is 9.23. The molecule has 1 aliphatic carbocycles. The van der Waals surface area contributed by atoms with Crippen molar-refractivity contribution in [2.75, 3.05) is 11.9 Å². The van der Waals surface area contributed by atoms with Crippen molar-refractivity contribution < 1.29 is 13.6 Å². The molecule has 4 aromatic rings. The van der Waals surface area contributed by atoms with Gasteiger partial charge in [0, 0.05) is 16.6 Å². The minimum Gasteiger partial charge on any atom is -0.324 e. The Kier molecular flexibility index (Phi) is 10.8. The monoisotopic (exact) mass is 692 g/mol. The van der Waals surface area contributed by atoms with Gasteiger partial charge in [-0.25, -0.2) is 0 Å². The van der Waals surface area contributed by atoms with Crippen molar-refractivity contribution in [1.82, 2.24) is 5.32 Å². The number of hydrogen-bond acceptors (Lipinski definition) is 2. The number of halogens is 3. The van der Waals surface area contributed by atoms with E-state index in [4.69, 9.17) is 0 Å². The molecule has 0 aromatic heterocycles. The van der Waals surface area contributed by atoms with E-state index in [0.717, 1.165) is 34.0 Å². The highest BCUT2D eigenvalue weighted by atomic mass is 79.9. The zero-order chi connectivity index (χ0) is 33.6. The number of carbonyl (C=O) groups excluding carboxylic acids is 1. The van der Waals surface area contributed by atoms with E-state index in [2.05, 4.69) is 113 Å². The summed E-state index contributed by atoms with van der Waals surface area (Å²) in [5.41, 5.74) is 11.2. The van der Waals surface area contributed by atoms with Crippen molar-refractivity contribution in [2.45, 2.75) is 45.6 Å². The zero-order valence-electron chi connectivity index (χ0n) is 26.8. The fourth-order valence-electron chi connectivity index (χ4n) is 5.83. The molecule has 0 atom stereocenters. The summed E-state index contributed by atoms with van der Waals surface area (Å²) < 4.78 is 29.9. The first-order valence-corrected chi connectivity index (χ1v) is 16.5. The van der Waals surface area contributed by atoms with E-state index in [0.29, 0.717) is 24.6 Å². The third kappa shape index (κ3) is 8.51. The number of aryl methyl sites for hydroxylation is 2. The quantitative estimate of drug-likeness (QED) is 0.154. The highest BCUT2D eigenvalue weighted by molar-refractivity contribution is 9.10. The minimum atomic E-state index is -3.25. The van der Waals surface area contributed by atoms with Crippen molar-refractivity contribution in [2.24, 2.45) is 0 Å². The fourth-order valence-corrected chi connectivity index (χ4v) is 6.40.